The minimum Gasteiger partial charge on any atom is -0.0853 e. The number of halogens is 1. The summed E-state index contributed by atoms with van der Waals surface area (Å²) in [6.07, 6.45) is 5.25. The molecule has 1 aromatic rings. The van der Waals surface area contributed by atoms with Gasteiger partial charge in [-0.15, -0.1) is 0 Å². The van der Waals surface area contributed by atoms with Crippen LogP contribution >= 0.6 is 15.9 Å². The van der Waals surface area contributed by atoms with Crippen molar-refractivity contribution in [1.82, 2.24) is 0 Å². The molecule has 1 aromatic carbocycles. The molecule has 0 fully saturated rings. The lowest BCUT2D eigenvalue weighted by Gasteiger charge is -2.14. The maximum Gasteiger partial charge on any atom is 0.139 e. The summed E-state index contributed by atoms with van der Waals surface area (Å²) in [5, 5.41) is 0. The van der Waals surface area contributed by atoms with Crippen molar-refractivity contribution in [2.75, 3.05) is 0 Å². The Morgan fingerprint density at radius 3 is 2.93 bits per heavy atom. The van der Waals surface area contributed by atoms with Gasteiger partial charge >= 0.3 is 0 Å². The van der Waals surface area contributed by atoms with E-state index in [1.54, 1.807) is 11.1 Å². The summed E-state index contributed by atoms with van der Waals surface area (Å²) in [5.41, 5.74) is 6.01. The molecule has 0 saturated heterocycles. The topological polar surface area (TPSA) is 0 Å². The van der Waals surface area contributed by atoms with Crippen molar-refractivity contribution in [2.24, 2.45) is 0 Å². The molecule has 0 N–H and O–H groups in total. The fourth-order valence-corrected chi connectivity index (χ4v) is 3.16. The summed E-state index contributed by atoms with van der Waals surface area (Å²) in [6.45, 7) is 2.19. The molecule has 2 rings (SSSR count). The highest BCUT2D eigenvalue weighted by molar-refractivity contribution is 9.09. The molecule has 0 amide bonds. The van der Waals surface area contributed by atoms with E-state index in [4.69, 9.17) is 0 Å². The number of fused-ring (bicyclic) bond motifs is 1. The molecular formula is C12H16BBr. The van der Waals surface area contributed by atoms with Gasteiger partial charge in [0.2, 0.25) is 0 Å². The normalized spacial score (nSPS) is 21.4. The van der Waals surface area contributed by atoms with Crippen LogP contribution in [0.5, 0.6) is 0 Å². The van der Waals surface area contributed by atoms with Crippen LogP contribution in [0.15, 0.2) is 12.1 Å². The third-order valence-corrected chi connectivity index (χ3v) is 4.07. The van der Waals surface area contributed by atoms with Gasteiger partial charge in [-0.1, -0.05) is 45.5 Å². The van der Waals surface area contributed by atoms with Crippen molar-refractivity contribution >= 4 is 29.2 Å². The highest BCUT2D eigenvalue weighted by Crippen LogP contribution is 2.34. The van der Waals surface area contributed by atoms with Gasteiger partial charge in [0.15, 0.2) is 0 Å². The van der Waals surface area contributed by atoms with Crippen molar-refractivity contribution < 1.29 is 0 Å². The lowest BCUT2D eigenvalue weighted by molar-refractivity contribution is 0.709. The van der Waals surface area contributed by atoms with Gasteiger partial charge in [0.05, 0.1) is 0 Å². The maximum atomic E-state index is 3.81. The van der Waals surface area contributed by atoms with Crippen LogP contribution < -0.4 is 5.46 Å². The maximum absolute atomic E-state index is 3.81. The van der Waals surface area contributed by atoms with Gasteiger partial charge in [-0.25, -0.2) is 0 Å². The lowest BCUT2D eigenvalue weighted by Crippen LogP contribution is -2.13. The number of rotatable bonds is 0. The average molecular weight is 251 g/mol. The minimum atomic E-state index is 0.582. The van der Waals surface area contributed by atoms with Crippen molar-refractivity contribution in [1.29, 1.82) is 0 Å². The third kappa shape index (κ3) is 1.90. The number of alkyl halides is 1. The largest absolute Gasteiger partial charge is 0.139 e. The minimum absolute atomic E-state index is 0.582. The quantitative estimate of drug-likeness (QED) is 0.377. The first kappa shape index (κ1) is 10.3. The molecule has 1 aliphatic rings. The zero-order valence-electron chi connectivity index (χ0n) is 8.94. The standard InChI is InChI=1S/C12H16BBr/c1-8-6-10-9(11(13)7-8)4-2-3-5-12(10)14/h6-7,12H,2-5,13H2,1H3. The van der Waals surface area contributed by atoms with Crippen LogP contribution in [0.25, 0.3) is 0 Å². The van der Waals surface area contributed by atoms with Gasteiger partial charge < -0.3 is 0 Å². The smallest absolute Gasteiger partial charge is 0.0853 e. The predicted octanol–water partition coefficient (Wildman–Crippen LogP) is 2.42. The second-order valence-corrected chi connectivity index (χ2v) is 5.47. The molecule has 1 unspecified atom stereocenters. The summed E-state index contributed by atoms with van der Waals surface area (Å²) >= 11 is 3.81. The summed E-state index contributed by atoms with van der Waals surface area (Å²) < 4.78 is 0. The molecule has 1 atom stereocenters. The number of benzene rings is 1. The Morgan fingerprint density at radius 2 is 2.14 bits per heavy atom. The van der Waals surface area contributed by atoms with E-state index in [0.29, 0.717) is 4.83 Å². The summed E-state index contributed by atoms with van der Waals surface area (Å²) in [5.74, 6) is 0. The Kier molecular flexibility index (Phi) is 3.01. The highest BCUT2D eigenvalue weighted by Gasteiger charge is 2.17. The Bertz CT molecular complexity index is 346. The third-order valence-electron chi connectivity index (χ3n) is 3.12. The van der Waals surface area contributed by atoms with E-state index in [1.165, 1.54) is 36.7 Å². The van der Waals surface area contributed by atoms with Crippen molar-refractivity contribution in [3.8, 4) is 0 Å². The van der Waals surface area contributed by atoms with Gasteiger partial charge in [-0.2, -0.15) is 0 Å². The summed E-state index contributed by atoms with van der Waals surface area (Å²) in [7, 11) is 2.25. The van der Waals surface area contributed by atoms with Crippen LogP contribution in [0.3, 0.4) is 0 Å². The molecule has 1 aliphatic carbocycles. The van der Waals surface area contributed by atoms with E-state index in [-0.39, 0.29) is 0 Å². The molecule has 0 saturated carbocycles. The lowest BCUT2D eigenvalue weighted by atomic mass is 9.84. The van der Waals surface area contributed by atoms with Crippen LogP contribution in [-0.2, 0) is 6.42 Å². The highest BCUT2D eigenvalue weighted by atomic mass is 79.9. The average Bonchev–Trinajstić information content (AvgIpc) is 2.29. The molecule has 0 spiro atoms. The SMILES string of the molecule is Bc1cc(C)cc2c1CCCCC2Br. The van der Waals surface area contributed by atoms with E-state index in [2.05, 4.69) is 42.8 Å². The first-order valence-corrected chi connectivity index (χ1v) is 6.34. The molecule has 0 aromatic heterocycles. The molecule has 0 nitrogen and oxygen atoms in total. The van der Waals surface area contributed by atoms with Gasteiger partial charge in [0.25, 0.3) is 0 Å². The Hall–Kier alpha value is -0.235. The van der Waals surface area contributed by atoms with Crippen molar-refractivity contribution in [3.63, 3.8) is 0 Å². The van der Waals surface area contributed by atoms with Crippen LogP contribution in [0, 0.1) is 6.92 Å². The van der Waals surface area contributed by atoms with E-state index in [0.717, 1.165) is 0 Å². The van der Waals surface area contributed by atoms with E-state index in [9.17, 15) is 0 Å². The van der Waals surface area contributed by atoms with Crippen molar-refractivity contribution in [3.05, 3.63) is 28.8 Å². The molecular weight excluding hydrogens is 235 g/mol. The number of aryl methyl sites for hydroxylation is 1. The first-order valence-electron chi connectivity index (χ1n) is 5.42. The first-order chi connectivity index (χ1) is 6.68. The zero-order chi connectivity index (χ0) is 10.1. The van der Waals surface area contributed by atoms with Crippen LogP contribution in [-0.4, -0.2) is 7.85 Å². The predicted molar refractivity (Wildman–Crippen MR) is 68.6 cm³/mol. The Balaban J connectivity index is 2.53. The second-order valence-electron chi connectivity index (χ2n) is 4.36. The van der Waals surface area contributed by atoms with Gasteiger partial charge in [0.1, 0.15) is 7.85 Å². The molecule has 0 bridgehead atoms. The summed E-state index contributed by atoms with van der Waals surface area (Å²) in [4.78, 5) is 0.582. The Morgan fingerprint density at radius 1 is 1.36 bits per heavy atom. The number of hydrogen-bond acceptors (Lipinski definition) is 0. The van der Waals surface area contributed by atoms with Gasteiger partial charge in [-0.05, 0) is 37.3 Å². The molecule has 0 radical (unpaired) electrons. The van der Waals surface area contributed by atoms with Gasteiger partial charge in [0, 0.05) is 4.83 Å². The molecule has 0 aliphatic heterocycles. The zero-order valence-corrected chi connectivity index (χ0v) is 10.5. The fraction of sp³-hybridized carbons (Fsp3) is 0.500. The van der Waals surface area contributed by atoms with Gasteiger partial charge in [-0.3, -0.25) is 0 Å². The van der Waals surface area contributed by atoms with Crippen molar-refractivity contribution in [2.45, 2.75) is 37.4 Å². The van der Waals surface area contributed by atoms with Crippen LogP contribution in [0.1, 0.15) is 40.8 Å². The molecule has 14 heavy (non-hydrogen) atoms. The fourth-order valence-electron chi connectivity index (χ4n) is 2.43. The molecule has 2 heteroatoms. The second kappa shape index (κ2) is 4.10. The monoisotopic (exact) mass is 250 g/mol. The van der Waals surface area contributed by atoms with E-state index in [1.807, 2.05) is 0 Å². The molecule has 74 valence electrons. The number of hydrogen-bond donors (Lipinski definition) is 0. The van der Waals surface area contributed by atoms with Crippen LogP contribution in [0.2, 0.25) is 0 Å². The Labute approximate surface area is 95.6 Å². The van der Waals surface area contributed by atoms with E-state index < -0.39 is 0 Å². The van der Waals surface area contributed by atoms with E-state index >= 15 is 0 Å². The molecule has 0 heterocycles. The summed E-state index contributed by atoms with van der Waals surface area (Å²) in [6, 6.07) is 4.66. The van der Waals surface area contributed by atoms with Crippen LogP contribution in [0.4, 0.5) is 0 Å².